The molecule has 25 heavy (non-hydrogen) atoms. The Hall–Kier alpha value is -2.68. The monoisotopic (exact) mass is 337 g/mol. The van der Waals surface area contributed by atoms with Crippen molar-refractivity contribution in [3.05, 3.63) is 42.0 Å². The average Bonchev–Trinajstić information content (AvgIpc) is 2.67. The zero-order valence-corrected chi connectivity index (χ0v) is 14.7. The number of nitriles is 1. The molecule has 2 aromatic heterocycles. The van der Waals surface area contributed by atoms with E-state index in [0.29, 0.717) is 29.9 Å². The molecule has 130 valence electrons. The lowest BCUT2D eigenvalue weighted by atomic mass is 9.98. The first-order chi connectivity index (χ1) is 12.2. The topological polar surface area (TPSA) is 74.9 Å². The minimum atomic E-state index is 0.332. The van der Waals surface area contributed by atoms with Crippen molar-refractivity contribution in [3.63, 3.8) is 0 Å². The molecule has 6 heteroatoms. The summed E-state index contributed by atoms with van der Waals surface area (Å²) in [5, 5.41) is 9.09. The zero-order chi connectivity index (χ0) is 17.6. The van der Waals surface area contributed by atoms with Crippen LogP contribution in [0.15, 0.2) is 30.6 Å². The Morgan fingerprint density at radius 1 is 1.24 bits per heavy atom. The maximum atomic E-state index is 9.09. The summed E-state index contributed by atoms with van der Waals surface area (Å²) < 4.78 is 5.78. The number of pyridine rings is 1. The van der Waals surface area contributed by atoms with E-state index in [1.165, 1.54) is 0 Å². The maximum absolute atomic E-state index is 9.09. The molecule has 6 nitrogen and oxygen atoms in total. The number of piperidine rings is 1. The average molecular weight is 337 g/mol. The van der Waals surface area contributed by atoms with Crippen LogP contribution in [0.4, 0.5) is 5.82 Å². The predicted octanol–water partition coefficient (Wildman–Crippen LogP) is 3.16. The lowest BCUT2D eigenvalue weighted by molar-refractivity contribution is 0.215. The summed E-state index contributed by atoms with van der Waals surface area (Å²) in [6.07, 6.45) is 5.57. The van der Waals surface area contributed by atoms with E-state index in [2.05, 4.69) is 39.8 Å². The summed E-state index contributed by atoms with van der Waals surface area (Å²) in [6.45, 7) is 6.72. The molecule has 0 saturated carbocycles. The van der Waals surface area contributed by atoms with Crippen molar-refractivity contribution in [1.82, 2.24) is 15.0 Å². The van der Waals surface area contributed by atoms with Crippen molar-refractivity contribution < 1.29 is 4.74 Å². The molecule has 1 saturated heterocycles. The Balaban J connectivity index is 1.54. The van der Waals surface area contributed by atoms with Crippen LogP contribution < -0.4 is 9.64 Å². The van der Waals surface area contributed by atoms with E-state index >= 15 is 0 Å². The molecule has 3 rings (SSSR count). The number of ether oxygens (including phenoxy) is 1. The Bertz CT molecular complexity index is 747. The van der Waals surface area contributed by atoms with Crippen molar-refractivity contribution in [2.45, 2.75) is 32.6 Å². The SMILES string of the molecule is CC(C)c1nccc(N2CCC(COc3ncccc3C#N)CC2)n1. The summed E-state index contributed by atoms with van der Waals surface area (Å²) >= 11 is 0. The van der Waals surface area contributed by atoms with Crippen LogP contribution >= 0.6 is 0 Å². The normalized spacial score (nSPS) is 15.2. The second-order valence-electron chi connectivity index (χ2n) is 6.64. The van der Waals surface area contributed by atoms with E-state index in [-0.39, 0.29) is 0 Å². The third-order valence-electron chi connectivity index (χ3n) is 4.46. The van der Waals surface area contributed by atoms with Crippen LogP contribution in [-0.2, 0) is 0 Å². The number of hydrogen-bond acceptors (Lipinski definition) is 6. The molecule has 0 unspecified atom stereocenters. The summed E-state index contributed by atoms with van der Waals surface area (Å²) in [5.41, 5.74) is 0.488. The Morgan fingerprint density at radius 3 is 2.76 bits per heavy atom. The predicted molar refractivity (Wildman–Crippen MR) is 95.5 cm³/mol. The van der Waals surface area contributed by atoms with Gasteiger partial charge in [-0.1, -0.05) is 13.8 Å². The highest BCUT2D eigenvalue weighted by Gasteiger charge is 2.21. The van der Waals surface area contributed by atoms with Crippen molar-refractivity contribution in [2.24, 2.45) is 5.92 Å². The molecule has 2 aromatic rings. The fraction of sp³-hybridized carbons (Fsp3) is 0.474. The van der Waals surface area contributed by atoms with Crippen molar-refractivity contribution in [2.75, 3.05) is 24.6 Å². The second kappa shape index (κ2) is 7.93. The van der Waals surface area contributed by atoms with Gasteiger partial charge in [0.15, 0.2) is 0 Å². The smallest absolute Gasteiger partial charge is 0.231 e. The highest BCUT2D eigenvalue weighted by molar-refractivity contribution is 5.38. The van der Waals surface area contributed by atoms with E-state index < -0.39 is 0 Å². The maximum Gasteiger partial charge on any atom is 0.231 e. The van der Waals surface area contributed by atoms with E-state index in [0.717, 1.165) is 37.6 Å². The van der Waals surface area contributed by atoms with Gasteiger partial charge in [0, 0.05) is 31.4 Å². The number of rotatable bonds is 5. The standard InChI is InChI=1S/C19H23N5O/c1-14(2)18-21-9-5-17(23-18)24-10-6-15(7-11-24)13-25-19-16(12-20)4-3-8-22-19/h3-5,8-9,14-15H,6-7,10-11,13H2,1-2H3. The molecule has 0 aromatic carbocycles. The minimum absolute atomic E-state index is 0.332. The highest BCUT2D eigenvalue weighted by atomic mass is 16.5. The zero-order valence-electron chi connectivity index (χ0n) is 14.7. The van der Waals surface area contributed by atoms with Crippen LogP contribution in [0.5, 0.6) is 5.88 Å². The van der Waals surface area contributed by atoms with E-state index in [1.54, 1.807) is 18.3 Å². The first kappa shape index (κ1) is 17.2. The molecule has 0 amide bonds. The molecule has 0 aliphatic carbocycles. The van der Waals surface area contributed by atoms with Gasteiger partial charge in [-0.05, 0) is 37.0 Å². The van der Waals surface area contributed by atoms with Gasteiger partial charge in [0.2, 0.25) is 5.88 Å². The van der Waals surface area contributed by atoms with E-state index in [4.69, 9.17) is 10.00 Å². The van der Waals surface area contributed by atoms with Gasteiger partial charge in [-0.2, -0.15) is 5.26 Å². The molecule has 0 bridgehead atoms. The van der Waals surface area contributed by atoms with Crippen molar-refractivity contribution >= 4 is 5.82 Å². The lowest BCUT2D eigenvalue weighted by Gasteiger charge is -2.32. The number of aromatic nitrogens is 3. The third kappa shape index (κ3) is 4.24. The van der Waals surface area contributed by atoms with Gasteiger partial charge < -0.3 is 9.64 Å². The van der Waals surface area contributed by atoms with E-state index in [1.807, 2.05) is 12.3 Å². The molecule has 1 aliphatic rings. The number of hydrogen-bond donors (Lipinski definition) is 0. The quantitative estimate of drug-likeness (QED) is 0.834. The third-order valence-corrected chi connectivity index (χ3v) is 4.46. The molecular weight excluding hydrogens is 314 g/mol. The highest BCUT2D eigenvalue weighted by Crippen LogP contribution is 2.24. The summed E-state index contributed by atoms with van der Waals surface area (Å²) in [4.78, 5) is 15.5. The fourth-order valence-corrected chi connectivity index (χ4v) is 2.93. The summed E-state index contributed by atoms with van der Waals surface area (Å²) in [5.74, 6) is 3.14. The van der Waals surface area contributed by atoms with Gasteiger partial charge in [-0.25, -0.2) is 15.0 Å². The summed E-state index contributed by atoms with van der Waals surface area (Å²) in [7, 11) is 0. The van der Waals surface area contributed by atoms with Gasteiger partial charge >= 0.3 is 0 Å². The Morgan fingerprint density at radius 2 is 2.04 bits per heavy atom. The van der Waals surface area contributed by atoms with Gasteiger partial charge in [0.05, 0.1) is 6.61 Å². The second-order valence-corrected chi connectivity index (χ2v) is 6.64. The molecule has 3 heterocycles. The van der Waals surface area contributed by atoms with Crippen LogP contribution in [0.25, 0.3) is 0 Å². The van der Waals surface area contributed by atoms with Crippen molar-refractivity contribution in [3.8, 4) is 11.9 Å². The first-order valence-electron chi connectivity index (χ1n) is 8.73. The van der Waals surface area contributed by atoms with E-state index in [9.17, 15) is 0 Å². The molecule has 0 N–H and O–H groups in total. The van der Waals surface area contributed by atoms with Crippen LogP contribution in [0.1, 0.15) is 44.0 Å². The van der Waals surface area contributed by atoms with Crippen molar-refractivity contribution in [1.29, 1.82) is 5.26 Å². The number of nitrogens with zero attached hydrogens (tertiary/aromatic N) is 5. The van der Waals surface area contributed by atoms with Gasteiger partial charge in [0.25, 0.3) is 0 Å². The Kier molecular flexibility index (Phi) is 5.44. The fourth-order valence-electron chi connectivity index (χ4n) is 2.93. The molecular formula is C19H23N5O. The molecule has 1 fully saturated rings. The lowest BCUT2D eigenvalue weighted by Crippen LogP contribution is -2.36. The van der Waals surface area contributed by atoms with Crippen LogP contribution in [0.2, 0.25) is 0 Å². The number of anilines is 1. The first-order valence-corrected chi connectivity index (χ1v) is 8.73. The van der Waals surface area contributed by atoms with Gasteiger partial charge in [-0.3, -0.25) is 0 Å². The molecule has 0 radical (unpaired) electrons. The van der Waals surface area contributed by atoms with Crippen LogP contribution in [0, 0.1) is 17.2 Å². The largest absolute Gasteiger partial charge is 0.476 e. The molecule has 1 aliphatic heterocycles. The molecule has 0 spiro atoms. The van der Waals surface area contributed by atoms with Gasteiger partial charge in [0.1, 0.15) is 23.3 Å². The minimum Gasteiger partial charge on any atom is -0.476 e. The summed E-state index contributed by atoms with van der Waals surface area (Å²) in [6, 6.07) is 7.57. The molecule has 0 atom stereocenters. The van der Waals surface area contributed by atoms with Gasteiger partial charge in [-0.15, -0.1) is 0 Å². The Labute approximate surface area is 148 Å². The van der Waals surface area contributed by atoms with Crippen LogP contribution in [0.3, 0.4) is 0 Å². The van der Waals surface area contributed by atoms with Crippen LogP contribution in [-0.4, -0.2) is 34.6 Å².